The van der Waals surface area contributed by atoms with E-state index in [0.717, 1.165) is 10.9 Å². The number of nitrogens with one attached hydrogen (secondary N) is 1. The van der Waals surface area contributed by atoms with Crippen LogP contribution in [0.2, 0.25) is 0 Å². The van der Waals surface area contributed by atoms with E-state index in [1.165, 1.54) is 17.0 Å². The Balaban J connectivity index is 1.90. The number of para-hydroxylation sites is 1. The highest BCUT2D eigenvalue weighted by atomic mass is 16.3. The van der Waals surface area contributed by atoms with Crippen LogP contribution in [0.5, 0.6) is 5.75 Å². The molecule has 30 heavy (non-hydrogen) atoms. The fourth-order valence-electron chi connectivity index (χ4n) is 3.87. The van der Waals surface area contributed by atoms with Gasteiger partial charge in [-0.15, -0.1) is 0 Å². The lowest BCUT2D eigenvalue weighted by molar-refractivity contribution is -0.140. The number of ketones is 1. The highest BCUT2D eigenvalue weighted by Gasteiger charge is 2.46. The van der Waals surface area contributed by atoms with Crippen LogP contribution in [0.3, 0.4) is 0 Å². The lowest BCUT2D eigenvalue weighted by atomic mass is 9.95. The Morgan fingerprint density at radius 1 is 1.13 bits per heavy atom. The number of aromatic nitrogens is 1. The molecule has 7 heteroatoms. The molecule has 1 unspecified atom stereocenters. The Kier molecular flexibility index (Phi) is 5.05. The van der Waals surface area contributed by atoms with Crippen molar-refractivity contribution in [2.75, 3.05) is 27.2 Å². The summed E-state index contributed by atoms with van der Waals surface area (Å²) in [5.41, 5.74) is 1.86. The summed E-state index contributed by atoms with van der Waals surface area (Å²) in [4.78, 5) is 32.3. The molecule has 7 nitrogen and oxygen atoms in total. The maximum Gasteiger partial charge on any atom is 0.295 e. The van der Waals surface area contributed by atoms with Gasteiger partial charge >= 0.3 is 0 Å². The van der Waals surface area contributed by atoms with Gasteiger partial charge in [-0.1, -0.05) is 30.3 Å². The van der Waals surface area contributed by atoms with Gasteiger partial charge in [-0.25, -0.2) is 0 Å². The lowest BCUT2D eigenvalue weighted by Crippen LogP contribution is -2.35. The topological polar surface area (TPSA) is 96.9 Å². The van der Waals surface area contributed by atoms with E-state index in [0.29, 0.717) is 24.2 Å². The molecule has 1 aromatic heterocycles. The standard InChI is InChI=1S/C23H23N3O4/c1-25(2)10-11-26-20(14-6-5-7-15(27)12-14)19(22(29)23(26)30)21(28)17-13-24-18-9-4-3-8-16(17)18/h3-9,12-13,20,24,27-28H,10-11H2,1-2H3/b21-19-. The number of hydrogen-bond donors (Lipinski definition) is 3. The zero-order valence-electron chi connectivity index (χ0n) is 16.8. The van der Waals surface area contributed by atoms with Crippen molar-refractivity contribution in [1.82, 2.24) is 14.8 Å². The predicted molar refractivity (Wildman–Crippen MR) is 114 cm³/mol. The molecule has 2 aromatic carbocycles. The van der Waals surface area contributed by atoms with Crippen LogP contribution >= 0.6 is 0 Å². The molecule has 0 bridgehead atoms. The van der Waals surface area contributed by atoms with Crippen LogP contribution in [0.15, 0.2) is 60.3 Å². The summed E-state index contributed by atoms with van der Waals surface area (Å²) in [7, 11) is 3.76. The van der Waals surface area contributed by atoms with E-state index in [2.05, 4.69) is 4.98 Å². The SMILES string of the molecule is CN(C)CCN1C(=O)C(=O)/C(=C(\O)c2c[nH]c3ccccc23)C1c1cccc(O)c1. The van der Waals surface area contributed by atoms with Gasteiger partial charge in [0, 0.05) is 35.8 Å². The van der Waals surface area contributed by atoms with E-state index in [1.807, 2.05) is 43.3 Å². The maximum absolute atomic E-state index is 13.0. The van der Waals surface area contributed by atoms with Crippen LogP contribution in [0.4, 0.5) is 0 Å². The number of phenols is 1. The lowest BCUT2D eigenvalue weighted by Gasteiger charge is -2.26. The number of aliphatic hydroxyl groups excluding tert-OH is 1. The number of aliphatic hydroxyl groups is 1. The number of amides is 1. The van der Waals surface area contributed by atoms with Gasteiger partial charge in [0.15, 0.2) is 0 Å². The van der Waals surface area contributed by atoms with Crippen LogP contribution in [0, 0.1) is 0 Å². The summed E-state index contributed by atoms with van der Waals surface area (Å²) < 4.78 is 0. The minimum atomic E-state index is -0.786. The molecule has 3 aromatic rings. The molecule has 1 fully saturated rings. The quantitative estimate of drug-likeness (QED) is 0.345. The molecule has 1 atom stereocenters. The molecule has 0 aliphatic carbocycles. The van der Waals surface area contributed by atoms with E-state index in [1.54, 1.807) is 18.3 Å². The van der Waals surface area contributed by atoms with Crippen LogP contribution in [-0.4, -0.2) is 63.9 Å². The largest absolute Gasteiger partial charge is 0.508 e. The number of aromatic amines is 1. The van der Waals surface area contributed by atoms with E-state index < -0.39 is 17.7 Å². The number of aromatic hydroxyl groups is 1. The van der Waals surface area contributed by atoms with Gasteiger partial charge in [-0.05, 0) is 37.9 Å². The summed E-state index contributed by atoms with van der Waals surface area (Å²) in [6.45, 7) is 0.859. The van der Waals surface area contributed by atoms with Crippen molar-refractivity contribution < 1.29 is 19.8 Å². The fraction of sp³-hybridized carbons (Fsp3) is 0.217. The first-order chi connectivity index (χ1) is 14.4. The second-order valence-electron chi connectivity index (χ2n) is 7.64. The first kappa shape index (κ1) is 19.7. The summed E-state index contributed by atoms with van der Waals surface area (Å²) >= 11 is 0. The monoisotopic (exact) mass is 405 g/mol. The highest BCUT2D eigenvalue weighted by Crippen LogP contribution is 2.41. The van der Waals surface area contributed by atoms with E-state index in [-0.39, 0.29) is 17.1 Å². The fourth-order valence-corrected chi connectivity index (χ4v) is 3.87. The van der Waals surface area contributed by atoms with E-state index in [9.17, 15) is 19.8 Å². The molecule has 1 saturated heterocycles. The van der Waals surface area contributed by atoms with Crippen LogP contribution in [0.1, 0.15) is 17.2 Å². The zero-order chi connectivity index (χ0) is 21.4. The third-order valence-corrected chi connectivity index (χ3v) is 5.36. The molecule has 4 rings (SSSR count). The summed E-state index contributed by atoms with van der Waals surface area (Å²) in [5, 5.41) is 21.9. The van der Waals surface area contributed by atoms with E-state index in [4.69, 9.17) is 0 Å². The molecule has 0 spiro atoms. The molecule has 0 radical (unpaired) electrons. The van der Waals surface area contributed by atoms with Crippen molar-refractivity contribution in [2.45, 2.75) is 6.04 Å². The minimum Gasteiger partial charge on any atom is -0.508 e. The number of Topliss-reactive ketones (excluding diaryl/α,β-unsaturated/α-hetero) is 1. The first-order valence-electron chi connectivity index (χ1n) is 9.67. The number of likely N-dealkylation sites (tertiary alicyclic amines) is 1. The highest BCUT2D eigenvalue weighted by molar-refractivity contribution is 6.46. The van der Waals surface area contributed by atoms with Gasteiger partial charge < -0.3 is 25.0 Å². The Morgan fingerprint density at radius 3 is 2.63 bits per heavy atom. The van der Waals surface area contributed by atoms with E-state index >= 15 is 0 Å². The van der Waals surface area contributed by atoms with Crippen molar-refractivity contribution in [3.05, 3.63) is 71.4 Å². The maximum atomic E-state index is 13.0. The molecule has 1 aliphatic rings. The number of carbonyl (C=O) groups is 2. The molecule has 0 saturated carbocycles. The molecule has 1 amide bonds. The third kappa shape index (κ3) is 3.33. The van der Waals surface area contributed by atoms with Crippen LogP contribution in [0.25, 0.3) is 16.7 Å². The number of hydrogen-bond acceptors (Lipinski definition) is 5. The Labute approximate surface area is 173 Å². The molecular formula is C23H23N3O4. The average molecular weight is 405 g/mol. The van der Waals surface area contributed by atoms with Crippen molar-refractivity contribution in [1.29, 1.82) is 0 Å². The number of rotatable bonds is 5. The van der Waals surface area contributed by atoms with Gasteiger partial charge in [0.1, 0.15) is 11.5 Å². The molecule has 2 heterocycles. The first-order valence-corrected chi connectivity index (χ1v) is 9.67. The van der Waals surface area contributed by atoms with Crippen molar-refractivity contribution in [3.8, 4) is 5.75 Å². The zero-order valence-corrected chi connectivity index (χ0v) is 16.8. The second kappa shape index (κ2) is 7.68. The summed E-state index contributed by atoms with van der Waals surface area (Å²) in [5.74, 6) is -1.60. The molecular weight excluding hydrogens is 382 g/mol. The number of likely N-dealkylation sites (N-methyl/N-ethyl adjacent to an activating group) is 1. The average Bonchev–Trinajstić information content (AvgIpc) is 3.26. The Hall–Kier alpha value is -3.58. The molecule has 3 N–H and O–H groups in total. The Morgan fingerprint density at radius 2 is 1.90 bits per heavy atom. The van der Waals surface area contributed by atoms with Crippen molar-refractivity contribution >= 4 is 28.4 Å². The normalized spacial score (nSPS) is 18.6. The summed E-state index contributed by atoms with van der Waals surface area (Å²) in [6, 6.07) is 13.1. The number of H-pyrrole nitrogens is 1. The van der Waals surface area contributed by atoms with Gasteiger partial charge in [0.2, 0.25) is 0 Å². The molecule has 1 aliphatic heterocycles. The number of carbonyl (C=O) groups excluding carboxylic acids is 2. The van der Waals surface area contributed by atoms with Gasteiger partial charge in [-0.2, -0.15) is 0 Å². The third-order valence-electron chi connectivity index (χ3n) is 5.36. The number of phenolic OH excluding ortho intramolecular Hbond substituents is 1. The van der Waals surface area contributed by atoms with Gasteiger partial charge in [0.05, 0.1) is 11.6 Å². The van der Waals surface area contributed by atoms with Crippen molar-refractivity contribution in [2.24, 2.45) is 0 Å². The van der Waals surface area contributed by atoms with Gasteiger partial charge in [0.25, 0.3) is 11.7 Å². The van der Waals surface area contributed by atoms with Crippen molar-refractivity contribution in [3.63, 3.8) is 0 Å². The number of nitrogens with zero attached hydrogens (tertiary/aromatic N) is 2. The van der Waals surface area contributed by atoms with Gasteiger partial charge in [-0.3, -0.25) is 9.59 Å². The predicted octanol–water partition coefficient (Wildman–Crippen LogP) is 2.86. The smallest absolute Gasteiger partial charge is 0.295 e. The Bertz CT molecular complexity index is 1160. The minimum absolute atomic E-state index is 0.0223. The second-order valence-corrected chi connectivity index (χ2v) is 7.64. The summed E-state index contributed by atoms with van der Waals surface area (Å²) in [6.07, 6.45) is 1.63. The van der Waals surface area contributed by atoms with Crippen LogP contribution < -0.4 is 0 Å². The van der Waals surface area contributed by atoms with Crippen LogP contribution in [-0.2, 0) is 9.59 Å². The number of benzene rings is 2. The number of fused-ring (bicyclic) bond motifs is 1. The molecule has 154 valence electrons.